The highest BCUT2D eigenvalue weighted by molar-refractivity contribution is 6.28. The Labute approximate surface area is 229 Å². The van der Waals surface area contributed by atoms with Crippen LogP contribution in [0.5, 0.6) is 0 Å². The second kappa shape index (κ2) is 11.0. The van der Waals surface area contributed by atoms with Gasteiger partial charge in [-0.05, 0) is 49.8 Å². The Hall–Kier alpha value is -2.84. The van der Waals surface area contributed by atoms with Crippen molar-refractivity contribution in [3.63, 3.8) is 0 Å². The number of fused-ring (bicyclic) bond motifs is 1. The number of imidazole rings is 1. The fourth-order valence-corrected chi connectivity index (χ4v) is 5.81. The number of amides is 1. The van der Waals surface area contributed by atoms with Crippen molar-refractivity contribution in [1.29, 1.82) is 0 Å². The number of anilines is 1. The highest BCUT2D eigenvalue weighted by Gasteiger charge is 2.57. The Morgan fingerprint density at radius 3 is 2.62 bits per heavy atom. The van der Waals surface area contributed by atoms with Crippen molar-refractivity contribution in [2.45, 2.75) is 81.6 Å². The lowest BCUT2D eigenvalue weighted by Crippen LogP contribution is -2.51. The number of rotatable bonds is 9. The van der Waals surface area contributed by atoms with E-state index in [1.807, 2.05) is 0 Å². The summed E-state index contributed by atoms with van der Waals surface area (Å²) < 4.78 is 13.0. The van der Waals surface area contributed by atoms with Crippen molar-refractivity contribution in [3.05, 3.63) is 23.8 Å². The Balaban J connectivity index is 1.41. The van der Waals surface area contributed by atoms with E-state index in [1.165, 1.54) is 22.7 Å². The molecular formula is C25H33ClN6O7. The number of hydrogen-bond acceptors (Lipinski definition) is 10. The van der Waals surface area contributed by atoms with E-state index in [1.54, 1.807) is 0 Å². The molecule has 1 unspecified atom stereocenters. The van der Waals surface area contributed by atoms with Gasteiger partial charge in [0.05, 0.1) is 12.9 Å². The number of aliphatic hydroxyl groups is 2. The molecule has 3 fully saturated rings. The van der Waals surface area contributed by atoms with Crippen LogP contribution in [0.15, 0.2) is 18.5 Å². The summed E-state index contributed by atoms with van der Waals surface area (Å²) in [6, 6.07) is 0.234. The minimum absolute atomic E-state index is 0.0306. The molecule has 5 rings (SSSR count). The van der Waals surface area contributed by atoms with Gasteiger partial charge in [-0.25, -0.2) is 9.78 Å². The standard InChI is InChI=1S/C25H33ClN6O7/c1-13(2)25(37)15(11-38-17(23(35)36)21(34)31-9-5-6-10-31)39-22(18(25)33)32-12-27-16-19(28-14-7-3-4-8-14)29-24(26)30-20(16)32/h12,14-15,17-18,22,33,37H,1,3-11H2,2H3,(H,35,36)(H,28,29,30)/t15-,17?,18+,22-,25-/m1/s1. The molecule has 1 saturated carbocycles. The van der Waals surface area contributed by atoms with Crippen LogP contribution in [0.25, 0.3) is 11.2 Å². The molecule has 13 nitrogen and oxygen atoms in total. The summed E-state index contributed by atoms with van der Waals surface area (Å²) in [5, 5.41) is 35.8. The van der Waals surface area contributed by atoms with Crippen molar-refractivity contribution in [1.82, 2.24) is 24.4 Å². The van der Waals surface area contributed by atoms with Crippen LogP contribution in [0.2, 0.25) is 5.28 Å². The fraction of sp³-hybridized carbons (Fsp3) is 0.640. The van der Waals surface area contributed by atoms with E-state index in [0.29, 0.717) is 24.4 Å². The van der Waals surface area contributed by atoms with Crippen molar-refractivity contribution >= 4 is 40.5 Å². The van der Waals surface area contributed by atoms with Gasteiger partial charge in [0.1, 0.15) is 17.8 Å². The molecule has 212 valence electrons. The van der Waals surface area contributed by atoms with Crippen molar-refractivity contribution < 1.29 is 34.4 Å². The third-order valence-electron chi connectivity index (χ3n) is 7.84. The number of carboxylic acid groups (broad SMARTS) is 1. The molecule has 0 spiro atoms. The Morgan fingerprint density at radius 2 is 1.97 bits per heavy atom. The molecule has 1 aliphatic carbocycles. The van der Waals surface area contributed by atoms with Crippen LogP contribution in [-0.2, 0) is 19.1 Å². The quantitative estimate of drug-likeness (QED) is 0.197. The van der Waals surface area contributed by atoms with Crippen LogP contribution in [0.4, 0.5) is 5.82 Å². The van der Waals surface area contributed by atoms with E-state index in [-0.39, 0.29) is 22.5 Å². The third-order valence-corrected chi connectivity index (χ3v) is 8.01. The number of ether oxygens (including phenoxy) is 2. The predicted molar refractivity (Wildman–Crippen MR) is 139 cm³/mol. The van der Waals surface area contributed by atoms with E-state index in [2.05, 4.69) is 26.8 Å². The normalized spacial score (nSPS) is 28.3. The van der Waals surface area contributed by atoms with Crippen molar-refractivity contribution in [2.75, 3.05) is 25.0 Å². The zero-order valence-electron chi connectivity index (χ0n) is 21.6. The number of aliphatic carboxylic acids is 1. The molecule has 4 N–H and O–H groups in total. The van der Waals surface area contributed by atoms with Gasteiger partial charge in [0.15, 0.2) is 23.2 Å². The Morgan fingerprint density at radius 1 is 1.28 bits per heavy atom. The smallest absolute Gasteiger partial charge is 0.342 e. The van der Waals surface area contributed by atoms with Crippen LogP contribution >= 0.6 is 11.6 Å². The molecule has 2 saturated heterocycles. The minimum Gasteiger partial charge on any atom is -0.479 e. The van der Waals surface area contributed by atoms with Gasteiger partial charge in [-0.1, -0.05) is 19.4 Å². The molecule has 5 atom stereocenters. The van der Waals surface area contributed by atoms with Gasteiger partial charge in [-0.3, -0.25) is 9.36 Å². The van der Waals surface area contributed by atoms with Crippen LogP contribution in [0.1, 0.15) is 51.7 Å². The zero-order valence-corrected chi connectivity index (χ0v) is 22.4. The first kappa shape index (κ1) is 27.7. The molecule has 1 amide bonds. The topological polar surface area (TPSA) is 172 Å². The number of aliphatic hydroxyl groups excluding tert-OH is 1. The average Bonchev–Trinajstić information content (AvgIpc) is 3.69. The van der Waals surface area contributed by atoms with Gasteiger partial charge < -0.3 is 35.0 Å². The molecule has 3 aliphatic rings. The van der Waals surface area contributed by atoms with E-state index < -0.39 is 48.6 Å². The maximum absolute atomic E-state index is 12.7. The first-order valence-electron chi connectivity index (χ1n) is 13.1. The summed E-state index contributed by atoms with van der Waals surface area (Å²) in [5.41, 5.74) is -1.16. The molecule has 0 radical (unpaired) electrons. The van der Waals surface area contributed by atoms with Crippen LogP contribution in [0.3, 0.4) is 0 Å². The number of nitrogens with zero attached hydrogens (tertiary/aromatic N) is 5. The molecule has 2 aromatic rings. The highest BCUT2D eigenvalue weighted by atomic mass is 35.5. The first-order valence-corrected chi connectivity index (χ1v) is 13.5. The van der Waals surface area contributed by atoms with E-state index >= 15 is 0 Å². The monoisotopic (exact) mass is 564 g/mol. The van der Waals surface area contributed by atoms with Crippen LogP contribution in [0, 0.1) is 0 Å². The number of nitrogens with one attached hydrogen (secondary N) is 1. The van der Waals surface area contributed by atoms with E-state index in [9.17, 15) is 24.9 Å². The number of aromatic nitrogens is 4. The van der Waals surface area contributed by atoms with Gasteiger partial charge >= 0.3 is 5.97 Å². The summed E-state index contributed by atoms with van der Waals surface area (Å²) in [6.07, 6.45) is 1.43. The maximum atomic E-state index is 12.7. The predicted octanol–water partition coefficient (Wildman–Crippen LogP) is 1.49. The number of likely N-dealkylation sites (tertiary alicyclic amines) is 1. The number of carbonyl (C=O) groups excluding carboxylic acids is 1. The largest absolute Gasteiger partial charge is 0.479 e. The maximum Gasteiger partial charge on any atom is 0.342 e. The van der Waals surface area contributed by atoms with Crippen molar-refractivity contribution in [2.24, 2.45) is 0 Å². The summed E-state index contributed by atoms with van der Waals surface area (Å²) >= 11 is 6.23. The Bertz CT molecular complexity index is 1260. The van der Waals surface area contributed by atoms with Gasteiger partial charge in [-0.15, -0.1) is 0 Å². The first-order chi connectivity index (χ1) is 18.6. The number of carbonyl (C=O) groups is 2. The van der Waals surface area contributed by atoms with Gasteiger partial charge in [0.2, 0.25) is 11.4 Å². The fourth-order valence-electron chi connectivity index (χ4n) is 5.64. The van der Waals surface area contributed by atoms with Crippen LogP contribution in [-0.4, -0.2) is 101 Å². The second-order valence-corrected chi connectivity index (χ2v) is 10.8. The third kappa shape index (κ3) is 5.09. The number of carboxylic acids is 1. The molecule has 0 bridgehead atoms. The highest BCUT2D eigenvalue weighted by Crippen LogP contribution is 2.42. The second-order valence-electron chi connectivity index (χ2n) is 10.4. The molecule has 4 heterocycles. The summed E-state index contributed by atoms with van der Waals surface area (Å²) in [6.45, 7) is 5.75. The summed E-state index contributed by atoms with van der Waals surface area (Å²) in [5.74, 6) is -1.65. The average molecular weight is 565 g/mol. The van der Waals surface area contributed by atoms with Gasteiger partial charge in [0, 0.05) is 19.1 Å². The van der Waals surface area contributed by atoms with Crippen LogP contribution < -0.4 is 5.32 Å². The lowest BCUT2D eigenvalue weighted by atomic mass is 9.86. The minimum atomic E-state index is -2.03. The zero-order chi connectivity index (χ0) is 27.9. The molecule has 14 heteroatoms. The molecule has 39 heavy (non-hydrogen) atoms. The lowest BCUT2D eigenvalue weighted by molar-refractivity contribution is -0.167. The van der Waals surface area contributed by atoms with Crippen molar-refractivity contribution in [3.8, 4) is 0 Å². The Kier molecular flexibility index (Phi) is 7.80. The number of hydrogen-bond donors (Lipinski definition) is 4. The number of halogens is 1. The molecule has 2 aliphatic heterocycles. The van der Waals surface area contributed by atoms with Gasteiger partial charge in [-0.2, -0.15) is 9.97 Å². The van der Waals surface area contributed by atoms with E-state index in [4.69, 9.17) is 21.1 Å². The lowest BCUT2D eigenvalue weighted by Gasteiger charge is -2.32. The van der Waals surface area contributed by atoms with Gasteiger partial charge in [0.25, 0.3) is 5.91 Å². The molecular weight excluding hydrogens is 532 g/mol. The summed E-state index contributed by atoms with van der Waals surface area (Å²) in [4.78, 5) is 39.1. The molecule has 0 aromatic carbocycles. The van der Waals surface area contributed by atoms with E-state index in [0.717, 1.165) is 38.5 Å². The SMILES string of the molecule is C=C(C)[C@@]1(O)[C@@H](COC(C(=O)O)C(=O)N2CCCC2)O[C@@H](n2cnc3c(NC4CCCC4)nc(Cl)nc32)[C@@H]1O. The summed E-state index contributed by atoms with van der Waals surface area (Å²) in [7, 11) is 0. The molecule has 2 aromatic heterocycles.